The highest BCUT2D eigenvalue weighted by atomic mass is 35.5. The lowest BCUT2D eigenvalue weighted by Crippen LogP contribution is -2.62. The first-order valence-electron chi connectivity index (χ1n) is 13.6. The lowest BCUT2D eigenvalue weighted by molar-refractivity contribution is -0.138. The van der Waals surface area contributed by atoms with E-state index >= 15 is 0 Å². The van der Waals surface area contributed by atoms with Gasteiger partial charge in [-0.05, 0) is 36.4 Å². The first kappa shape index (κ1) is 39.3. The molecule has 5 rings (SSSR count). The van der Waals surface area contributed by atoms with Crippen LogP contribution in [0.15, 0.2) is 80.9 Å². The normalized spacial score (nSPS) is 20.1. The van der Waals surface area contributed by atoms with Gasteiger partial charge in [-0.1, -0.05) is 46.4 Å². The minimum Gasteiger partial charge on any atom is -0.307 e. The number of sulfone groups is 2. The number of hydrogen-bond donors (Lipinski definition) is 2. The van der Waals surface area contributed by atoms with Crippen molar-refractivity contribution in [3.8, 4) is 12.1 Å². The van der Waals surface area contributed by atoms with Crippen LogP contribution in [-0.2, 0) is 37.8 Å². The van der Waals surface area contributed by atoms with Crippen LogP contribution in [0.3, 0.4) is 0 Å². The van der Waals surface area contributed by atoms with Crippen LogP contribution in [0.5, 0.6) is 0 Å². The summed E-state index contributed by atoms with van der Waals surface area (Å²) < 4.78 is 137. The molecule has 1 atom stereocenters. The Hall–Kier alpha value is -3.86. The van der Waals surface area contributed by atoms with E-state index in [9.17, 15) is 53.7 Å². The van der Waals surface area contributed by atoms with Gasteiger partial charge < -0.3 is 4.57 Å². The summed E-state index contributed by atoms with van der Waals surface area (Å²) in [5.74, 6) is -3.65. The van der Waals surface area contributed by atoms with Crippen LogP contribution in [0.25, 0.3) is 0 Å². The SMILES string of the molecule is CS(=O)(=O)C1=CN=NC1(NC1=C(S(C)(=O)=O)C(C#N)(C#N)N[N+]1(c1c(Cl)cc(C(F)(F)F)cc1Cl)c1c(Cl)cc(C(F)(F)F)cc1Cl)n1cccc1. The second-order valence-corrected chi connectivity index (χ2v) is 16.7. The number of azo groups is 1. The van der Waals surface area contributed by atoms with Gasteiger partial charge in [0.2, 0.25) is 11.4 Å². The molecule has 0 saturated heterocycles. The highest BCUT2D eigenvalue weighted by Crippen LogP contribution is 2.57. The third-order valence-electron chi connectivity index (χ3n) is 7.68. The number of nitriles is 2. The zero-order valence-corrected chi connectivity index (χ0v) is 30.3. The van der Waals surface area contributed by atoms with Gasteiger partial charge in [0, 0.05) is 24.9 Å². The van der Waals surface area contributed by atoms with Crippen LogP contribution < -0.4 is 15.3 Å². The van der Waals surface area contributed by atoms with Gasteiger partial charge in [-0.3, -0.25) is 5.32 Å². The molecule has 3 aromatic rings. The number of nitrogens with one attached hydrogen (secondary N) is 2. The van der Waals surface area contributed by atoms with Gasteiger partial charge >= 0.3 is 12.4 Å². The molecule has 0 aliphatic carbocycles. The summed E-state index contributed by atoms with van der Waals surface area (Å²) >= 11 is 26.0. The summed E-state index contributed by atoms with van der Waals surface area (Å²) in [7, 11) is -9.37. The predicted molar refractivity (Wildman–Crippen MR) is 177 cm³/mol. The van der Waals surface area contributed by atoms with Crippen LogP contribution in [0.1, 0.15) is 11.1 Å². The summed E-state index contributed by atoms with van der Waals surface area (Å²) in [5, 5.41) is 27.4. The molecule has 274 valence electrons. The van der Waals surface area contributed by atoms with Gasteiger partial charge in [0.05, 0.1) is 17.3 Å². The zero-order chi connectivity index (χ0) is 39.0. The van der Waals surface area contributed by atoms with E-state index < -0.39 is 106 Å². The van der Waals surface area contributed by atoms with Crippen LogP contribution in [0, 0.1) is 22.7 Å². The first-order chi connectivity index (χ1) is 23.8. The minimum atomic E-state index is -5.10. The van der Waals surface area contributed by atoms with E-state index in [-0.39, 0.29) is 0 Å². The third-order valence-corrected chi connectivity index (χ3v) is 11.3. The maximum atomic E-state index is 14.0. The van der Waals surface area contributed by atoms with E-state index in [4.69, 9.17) is 46.4 Å². The van der Waals surface area contributed by atoms with Gasteiger partial charge in [0.25, 0.3) is 17.1 Å². The molecule has 2 N–H and O–H groups in total. The highest BCUT2D eigenvalue weighted by Gasteiger charge is 2.67. The van der Waals surface area contributed by atoms with Crippen molar-refractivity contribution in [2.45, 2.75) is 23.7 Å². The molecular weight excluding hydrogens is 832 g/mol. The number of benzene rings is 2. The molecule has 1 aromatic heterocycles. The Bertz CT molecular complexity index is 2310. The maximum absolute atomic E-state index is 14.0. The molecule has 0 spiro atoms. The largest absolute Gasteiger partial charge is 0.416 e. The maximum Gasteiger partial charge on any atom is 0.416 e. The number of aromatic nitrogens is 1. The molecule has 2 aromatic carbocycles. The summed E-state index contributed by atoms with van der Waals surface area (Å²) in [4.78, 5) is -1.94. The number of rotatable bonds is 7. The van der Waals surface area contributed by atoms with Crippen LogP contribution in [-0.4, -0.2) is 39.5 Å². The van der Waals surface area contributed by atoms with Crippen molar-refractivity contribution in [1.82, 2.24) is 19.9 Å². The lowest BCUT2D eigenvalue weighted by atomic mass is 10.1. The number of quaternary nitrogens is 1. The fraction of sp³-hybridized carbons (Fsp3) is 0.214. The molecule has 2 aliphatic heterocycles. The molecule has 0 bridgehead atoms. The second-order valence-electron chi connectivity index (χ2n) is 11.1. The fourth-order valence-electron chi connectivity index (χ4n) is 5.71. The van der Waals surface area contributed by atoms with E-state index in [2.05, 4.69) is 21.0 Å². The first-order valence-corrected chi connectivity index (χ1v) is 18.9. The molecule has 2 aliphatic rings. The van der Waals surface area contributed by atoms with E-state index in [0.717, 1.165) is 17.0 Å². The van der Waals surface area contributed by atoms with Crippen LogP contribution in [0.2, 0.25) is 20.1 Å². The van der Waals surface area contributed by atoms with Crippen LogP contribution >= 0.6 is 46.4 Å². The summed E-state index contributed by atoms with van der Waals surface area (Å²) in [5.41, 5.74) is -5.43. The van der Waals surface area contributed by atoms with Crippen molar-refractivity contribution in [2.75, 3.05) is 12.5 Å². The van der Waals surface area contributed by atoms with Crippen molar-refractivity contribution in [3.63, 3.8) is 0 Å². The fourth-order valence-corrected chi connectivity index (χ4v) is 9.38. The van der Waals surface area contributed by atoms with E-state index in [1.54, 1.807) is 0 Å². The van der Waals surface area contributed by atoms with Gasteiger partial charge in [-0.25, -0.2) is 16.8 Å². The Morgan fingerprint density at radius 1 is 0.808 bits per heavy atom. The van der Waals surface area contributed by atoms with Crippen molar-refractivity contribution in [1.29, 1.82) is 10.5 Å². The molecule has 0 saturated carbocycles. The summed E-state index contributed by atoms with van der Waals surface area (Å²) in [6.07, 6.45) is -5.76. The Kier molecular flexibility index (Phi) is 9.56. The van der Waals surface area contributed by atoms with E-state index in [1.807, 2.05) is 0 Å². The predicted octanol–water partition coefficient (Wildman–Crippen LogP) is 7.55. The highest BCUT2D eigenvalue weighted by molar-refractivity contribution is 7.95. The summed E-state index contributed by atoms with van der Waals surface area (Å²) in [6, 6.07) is 6.95. The molecule has 12 nitrogen and oxygen atoms in total. The van der Waals surface area contributed by atoms with Gasteiger partial charge in [-0.15, -0.1) is 15.1 Å². The molecule has 1 unspecified atom stereocenters. The molecule has 0 amide bonds. The monoisotopic (exact) mass is 847 g/mol. The Labute approximate surface area is 310 Å². The third kappa shape index (κ3) is 6.20. The van der Waals surface area contributed by atoms with Crippen LogP contribution in [0.4, 0.5) is 37.7 Å². The smallest absolute Gasteiger partial charge is 0.307 e. The average molecular weight is 849 g/mol. The van der Waals surface area contributed by atoms with Crippen molar-refractivity contribution in [2.24, 2.45) is 10.2 Å². The Balaban J connectivity index is 2.10. The standard InChI is InChI=1S/C28H17Cl4F6N8O4S2/c1-51(47,48)20-11-41-43-28(20,45-5-3-4-6-45)42-24-23(52(2,49)50)25(12-39,13-40)44-46(24,21-16(29)7-14(8-17(21)30)26(33,34)35)22-18(31)9-15(10-19(22)32)27(36,37)38/h3-11,42,44H,1-2H3/q+1. The number of hydrogen-bond acceptors (Lipinski definition) is 10. The van der Waals surface area contributed by atoms with Gasteiger partial charge in [0.15, 0.2) is 24.6 Å². The van der Waals surface area contributed by atoms with Gasteiger partial charge in [-0.2, -0.15) is 42.0 Å². The molecule has 3 heterocycles. The minimum absolute atomic E-state index is 0.311. The van der Waals surface area contributed by atoms with E-state index in [1.165, 1.54) is 36.7 Å². The quantitative estimate of drug-likeness (QED) is 0.182. The molecule has 0 fully saturated rings. The molecular formula is C28H17Cl4F6N8O4S2+. The van der Waals surface area contributed by atoms with E-state index in [0.29, 0.717) is 30.5 Å². The number of alkyl halides is 6. The van der Waals surface area contributed by atoms with Crippen molar-refractivity contribution in [3.05, 3.63) is 102 Å². The zero-order valence-electron chi connectivity index (χ0n) is 25.6. The van der Waals surface area contributed by atoms with Gasteiger partial charge in [0.1, 0.15) is 37.1 Å². The van der Waals surface area contributed by atoms with Crippen molar-refractivity contribution < 1.29 is 43.2 Å². The summed E-state index contributed by atoms with van der Waals surface area (Å²) in [6.45, 7) is 0. The lowest BCUT2D eigenvalue weighted by Gasteiger charge is -2.40. The number of halogens is 10. The number of nitrogens with zero attached hydrogens (tertiary/aromatic N) is 6. The topological polar surface area (TPSA) is 170 Å². The van der Waals surface area contributed by atoms with Crippen molar-refractivity contribution >= 4 is 77.5 Å². The average Bonchev–Trinajstić information content (AvgIpc) is 3.74. The molecule has 0 radical (unpaired) electrons. The second kappa shape index (κ2) is 12.6. The molecule has 52 heavy (non-hydrogen) atoms. The Morgan fingerprint density at radius 2 is 1.23 bits per heavy atom. The molecule has 24 heteroatoms. The Morgan fingerprint density at radius 3 is 1.58 bits per heavy atom.